The largest absolute Gasteiger partial charge is 0.350 e. The number of hydrogen-bond donors (Lipinski definition) is 4. The van der Waals surface area contributed by atoms with E-state index >= 15 is 0 Å². The number of aliphatic imine (C=N–C) groups is 1. The van der Waals surface area contributed by atoms with Crippen molar-refractivity contribution in [3.8, 4) is 0 Å². The molecule has 0 saturated carbocycles. The molecule has 2 aliphatic heterocycles. The molecule has 2 aliphatic rings. The van der Waals surface area contributed by atoms with Crippen LogP contribution in [0, 0.1) is 5.92 Å². The van der Waals surface area contributed by atoms with E-state index in [1.54, 1.807) is 6.92 Å². The van der Waals surface area contributed by atoms with Gasteiger partial charge in [-0.1, -0.05) is 26.0 Å². The zero-order valence-corrected chi connectivity index (χ0v) is 20.9. The van der Waals surface area contributed by atoms with Crippen LogP contribution < -0.4 is 16.0 Å². The molecular weight excluding hydrogens is 466 g/mol. The lowest BCUT2D eigenvalue weighted by Gasteiger charge is -2.27. The van der Waals surface area contributed by atoms with Crippen LogP contribution in [-0.4, -0.2) is 56.9 Å². The molecule has 174 valence electrons. The van der Waals surface area contributed by atoms with Gasteiger partial charge in [-0.15, -0.1) is 23.1 Å². The predicted molar refractivity (Wildman–Crippen MR) is 132 cm³/mol. The van der Waals surface area contributed by atoms with E-state index in [1.165, 1.54) is 23.1 Å². The fraction of sp³-hybridized carbons (Fsp3) is 0.571. The van der Waals surface area contributed by atoms with Crippen molar-refractivity contribution in [2.24, 2.45) is 10.9 Å². The summed E-state index contributed by atoms with van der Waals surface area (Å²) in [5.41, 5.74) is -0.271. The van der Waals surface area contributed by atoms with Crippen molar-refractivity contribution in [2.45, 2.75) is 57.8 Å². The maximum Gasteiger partial charge on any atom is 0.249 e. The third kappa shape index (κ3) is 6.14. The average molecular weight is 496 g/mol. The Labute approximate surface area is 201 Å². The standard InChI is InChI=1S/C21H29N5O3S3/c1-12(2)17-18(28)23-13(6-4-5-7-30)8-15(27)22-9-16-24-14(10-31-16)19-26-21(3,11-32-19)20(29)25-17/h4,6,10,12-13,17,30H,5,7-9,11H2,1-3H3,(H,22,27)(H,23,28)(H,25,29)/t13-,17?,21+/m1/s1. The third-order valence-electron chi connectivity index (χ3n) is 5.17. The number of allylic oxidation sites excluding steroid dienone is 1. The molecule has 3 heterocycles. The van der Waals surface area contributed by atoms with Gasteiger partial charge in [0.25, 0.3) is 0 Å². The number of carbonyl (C=O) groups is 3. The summed E-state index contributed by atoms with van der Waals surface area (Å²) in [6.45, 7) is 5.82. The number of thioether (sulfide) groups is 1. The highest BCUT2D eigenvalue weighted by atomic mass is 32.2. The number of nitrogens with zero attached hydrogens (tertiary/aromatic N) is 2. The molecule has 8 nitrogen and oxygen atoms in total. The van der Waals surface area contributed by atoms with Gasteiger partial charge < -0.3 is 16.0 Å². The van der Waals surface area contributed by atoms with Gasteiger partial charge in [0.1, 0.15) is 27.3 Å². The second-order valence-electron chi connectivity index (χ2n) is 8.34. The molecule has 1 aromatic rings. The molecular formula is C21H29N5O3S3. The molecule has 3 rings (SSSR count). The SMILES string of the molecule is CC(C)C1NC(=O)[C@]2(C)CSC(=N2)c2csc(n2)CNC(=O)C[C@@H](C=CCCS)NC1=O. The minimum atomic E-state index is -0.978. The first kappa shape index (κ1) is 24.8. The molecule has 0 saturated heterocycles. The summed E-state index contributed by atoms with van der Waals surface area (Å²) in [5.74, 6) is 0.181. The van der Waals surface area contributed by atoms with Crippen molar-refractivity contribution in [1.29, 1.82) is 0 Å². The minimum Gasteiger partial charge on any atom is -0.350 e. The number of carbonyl (C=O) groups excluding carboxylic acids is 3. The molecule has 0 fully saturated rings. The molecule has 4 bridgehead atoms. The number of amides is 3. The first-order valence-electron chi connectivity index (χ1n) is 10.5. The van der Waals surface area contributed by atoms with Crippen molar-refractivity contribution in [2.75, 3.05) is 11.5 Å². The smallest absolute Gasteiger partial charge is 0.249 e. The Bertz CT molecular complexity index is 930. The number of rotatable bonds is 4. The summed E-state index contributed by atoms with van der Waals surface area (Å²) in [6.07, 6.45) is 4.52. The maximum absolute atomic E-state index is 13.1. The first-order chi connectivity index (χ1) is 15.2. The molecule has 11 heteroatoms. The van der Waals surface area contributed by atoms with E-state index in [1.807, 2.05) is 31.4 Å². The molecule has 0 aromatic carbocycles. The second kappa shape index (κ2) is 10.8. The van der Waals surface area contributed by atoms with E-state index in [9.17, 15) is 14.4 Å². The molecule has 3 atom stereocenters. The molecule has 32 heavy (non-hydrogen) atoms. The number of thiol groups is 1. The van der Waals surface area contributed by atoms with Crippen LogP contribution in [0.3, 0.4) is 0 Å². The van der Waals surface area contributed by atoms with Crippen LogP contribution in [-0.2, 0) is 20.9 Å². The summed E-state index contributed by atoms with van der Waals surface area (Å²) in [5, 5.41) is 12.0. The minimum absolute atomic E-state index is 0.0894. The van der Waals surface area contributed by atoms with E-state index in [0.717, 1.165) is 11.4 Å². The summed E-state index contributed by atoms with van der Waals surface area (Å²) in [7, 11) is 0. The van der Waals surface area contributed by atoms with Gasteiger partial charge in [0.05, 0.1) is 19.0 Å². The number of nitrogens with one attached hydrogen (secondary N) is 3. The molecule has 3 amide bonds. The van der Waals surface area contributed by atoms with Gasteiger partial charge in [-0.3, -0.25) is 19.4 Å². The van der Waals surface area contributed by atoms with Crippen molar-refractivity contribution in [1.82, 2.24) is 20.9 Å². The average Bonchev–Trinajstić information content (AvgIpc) is 3.37. The van der Waals surface area contributed by atoms with E-state index < -0.39 is 17.6 Å². The van der Waals surface area contributed by atoms with Crippen LogP contribution in [0.1, 0.15) is 44.3 Å². The molecule has 0 spiro atoms. The Kier molecular flexibility index (Phi) is 8.40. The zero-order valence-electron chi connectivity index (χ0n) is 18.4. The van der Waals surface area contributed by atoms with Crippen LogP contribution in [0.25, 0.3) is 0 Å². The van der Waals surface area contributed by atoms with Crippen LogP contribution in [0.15, 0.2) is 22.5 Å². The highest BCUT2D eigenvalue weighted by Gasteiger charge is 2.41. The van der Waals surface area contributed by atoms with Crippen molar-refractivity contribution < 1.29 is 14.4 Å². The summed E-state index contributed by atoms with van der Waals surface area (Å²) >= 11 is 7.11. The molecule has 0 aliphatic carbocycles. The van der Waals surface area contributed by atoms with Crippen LogP contribution in [0.2, 0.25) is 0 Å². The van der Waals surface area contributed by atoms with Gasteiger partial charge in [0, 0.05) is 11.1 Å². The topological polar surface area (TPSA) is 113 Å². The highest BCUT2D eigenvalue weighted by molar-refractivity contribution is 8.14. The lowest BCUT2D eigenvalue weighted by atomic mass is 9.99. The van der Waals surface area contributed by atoms with Crippen molar-refractivity contribution >= 4 is 58.5 Å². The molecule has 0 radical (unpaired) electrons. The monoisotopic (exact) mass is 495 g/mol. The van der Waals surface area contributed by atoms with Gasteiger partial charge >= 0.3 is 0 Å². The summed E-state index contributed by atoms with van der Waals surface area (Å²) < 4.78 is 0. The van der Waals surface area contributed by atoms with E-state index in [4.69, 9.17) is 0 Å². The molecule has 3 N–H and O–H groups in total. The van der Waals surface area contributed by atoms with Gasteiger partial charge in [-0.25, -0.2) is 4.98 Å². The Morgan fingerprint density at radius 3 is 2.81 bits per heavy atom. The first-order valence-corrected chi connectivity index (χ1v) is 13.0. The summed E-state index contributed by atoms with van der Waals surface area (Å²) in [6, 6.07) is -1.24. The zero-order chi connectivity index (χ0) is 23.3. The Morgan fingerprint density at radius 1 is 1.31 bits per heavy atom. The van der Waals surface area contributed by atoms with Crippen LogP contribution in [0.4, 0.5) is 0 Å². The van der Waals surface area contributed by atoms with Crippen molar-refractivity contribution in [3.05, 3.63) is 28.2 Å². The Hall–Kier alpha value is -1.85. The number of fused-ring (bicyclic) bond motifs is 4. The van der Waals surface area contributed by atoms with Crippen LogP contribution >= 0.6 is 35.7 Å². The normalized spacial score (nSPS) is 27.3. The maximum atomic E-state index is 13.1. The fourth-order valence-electron chi connectivity index (χ4n) is 3.29. The number of aromatic nitrogens is 1. The second-order valence-corrected chi connectivity index (χ2v) is 10.7. The fourth-order valence-corrected chi connectivity index (χ4v) is 5.36. The van der Waals surface area contributed by atoms with Crippen LogP contribution in [0.5, 0.6) is 0 Å². The molecule has 1 aromatic heterocycles. The van der Waals surface area contributed by atoms with Gasteiger partial charge in [0.2, 0.25) is 17.7 Å². The predicted octanol–water partition coefficient (Wildman–Crippen LogP) is 1.92. The van der Waals surface area contributed by atoms with Gasteiger partial charge in [0.15, 0.2) is 0 Å². The number of thiazole rings is 1. The highest BCUT2D eigenvalue weighted by Crippen LogP contribution is 2.32. The summed E-state index contributed by atoms with van der Waals surface area (Å²) in [4.78, 5) is 48.0. The Balaban J connectivity index is 1.92. The van der Waals surface area contributed by atoms with E-state index in [0.29, 0.717) is 28.8 Å². The molecule has 1 unspecified atom stereocenters. The lowest BCUT2D eigenvalue weighted by molar-refractivity contribution is -0.132. The quantitative estimate of drug-likeness (QED) is 0.377. The van der Waals surface area contributed by atoms with Gasteiger partial charge in [-0.2, -0.15) is 12.6 Å². The van der Waals surface area contributed by atoms with E-state index in [2.05, 4.69) is 38.6 Å². The van der Waals surface area contributed by atoms with E-state index in [-0.39, 0.29) is 30.1 Å². The number of hydrogen-bond acceptors (Lipinski definition) is 8. The lowest BCUT2D eigenvalue weighted by Crippen LogP contribution is -2.56. The Morgan fingerprint density at radius 2 is 2.09 bits per heavy atom. The third-order valence-corrected chi connectivity index (χ3v) is 7.56. The van der Waals surface area contributed by atoms with Gasteiger partial charge in [-0.05, 0) is 25.0 Å². The van der Waals surface area contributed by atoms with Crippen molar-refractivity contribution in [3.63, 3.8) is 0 Å².